The van der Waals surface area contributed by atoms with Gasteiger partial charge in [-0.05, 0) is 66.4 Å². The highest BCUT2D eigenvalue weighted by Gasteiger charge is 2.22. The summed E-state index contributed by atoms with van der Waals surface area (Å²) in [5.74, 6) is 1.05. The molecule has 4 rings (SSSR count). The van der Waals surface area contributed by atoms with Crippen LogP contribution in [0.3, 0.4) is 0 Å². The predicted octanol–water partition coefficient (Wildman–Crippen LogP) is 5.79. The summed E-state index contributed by atoms with van der Waals surface area (Å²) in [6, 6.07) is 34.7. The number of carbonyl (C=O) groups excluding carboxylic acids is 1. The molecule has 210 valence electrons. The minimum Gasteiger partial charge on any atom is -0.508 e. The molecule has 40 heavy (non-hydrogen) atoms. The highest BCUT2D eigenvalue weighted by Crippen LogP contribution is 2.18. The molecule has 1 unspecified atom stereocenters. The second-order valence-corrected chi connectivity index (χ2v) is 10.9. The molecule has 0 spiro atoms. The number of rotatable bonds is 11. The Bertz CT molecular complexity index is 1420. The van der Waals surface area contributed by atoms with Gasteiger partial charge in [0.15, 0.2) is 5.78 Å². The Kier molecular flexibility index (Phi) is 11.4. The Morgan fingerprint density at radius 1 is 0.800 bits per heavy atom. The second-order valence-electron chi connectivity index (χ2n) is 9.44. The molecule has 0 saturated heterocycles. The van der Waals surface area contributed by atoms with Crippen LogP contribution in [0.4, 0.5) is 0 Å². The molecule has 0 heterocycles. The zero-order valence-electron chi connectivity index (χ0n) is 22.7. The molecule has 0 radical (unpaired) electrons. The van der Waals surface area contributed by atoms with Crippen molar-refractivity contribution in [1.29, 1.82) is 0 Å². The summed E-state index contributed by atoms with van der Waals surface area (Å²) >= 11 is 0. The third-order valence-corrected chi connectivity index (χ3v) is 6.17. The van der Waals surface area contributed by atoms with Gasteiger partial charge in [-0.2, -0.15) is 8.42 Å². The van der Waals surface area contributed by atoms with Gasteiger partial charge in [-0.25, -0.2) is 0 Å². The van der Waals surface area contributed by atoms with E-state index in [4.69, 9.17) is 9.29 Å². The average molecular weight is 562 g/mol. The lowest BCUT2D eigenvalue weighted by Crippen LogP contribution is -2.40. The Balaban J connectivity index is 0.000000810. The molecular formula is C32H35NO6S. The van der Waals surface area contributed by atoms with E-state index in [0.717, 1.165) is 24.3 Å². The van der Waals surface area contributed by atoms with Gasteiger partial charge in [0.25, 0.3) is 10.1 Å². The first-order valence-corrected chi connectivity index (χ1v) is 14.7. The maximum absolute atomic E-state index is 13.2. The van der Waals surface area contributed by atoms with E-state index in [1.54, 1.807) is 24.3 Å². The van der Waals surface area contributed by atoms with E-state index in [9.17, 15) is 18.3 Å². The molecule has 0 aliphatic heterocycles. The topological polar surface area (TPSA) is 104 Å². The molecule has 4 aromatic rings. The average Bonchev–Trinajstić information content (AvgIpc) is 2.94. The van der Waals surface area contributed by atoms with Crippen molar-refractivity contribution < 1.29 is 27.6 Å². The largest absolute Gasteiger partial charge is 0.508 e. The smallest absolute Gasteiger partial charge is 0.261 e. The minimum absolute atomic E-state index is 0.0468. The highest BCUT2D eigenvalue weighted by molar-refractivity contribution is 7.85. The quantitative estimate of drug-likeness (QED) is 0.176. The fourth-order valence-corrected chi connectivity index (χ4v) is 4.03. The van der Waals surface area contributed by atoms with E-state index in [-0.39, 0.29) is 17.6 Å². The first-order valence-electron chi connectivity index (χ1n) is 12.9. The number of carbonyl (C=O) groups is 1. The Morgan fingerprint density at radius 2 is 1.32 bits per heavy atom. The lowest BCUT2D eigenvalue weighted by atomic mass is 10.0. The van der Waals surface area contributed by atoms with Crippen LogP contribution in [0.1, 0.15) is 34.0 Å². The Hall–Kier alpha value is -3.98. The number of ketones is 1. The van der Waals surface area contributed by atoms with Gasteiger partial charge in [0, 0.05) is 18.7 Å². The number of phenols is 1. The van der Waals surface area contributed by atoms with Crippen LogP contribution in [0.25, 0.3) is 0 Å². The van der Waals surface area contributed by atoms with Crippen LogP contribution in [-0.2, 0) is 29.7 Å². The highest BCUT2D eigenvalue weighted by atomic mass is 32.2. The Morgan fingerprint density at radius 3 is 1.88 bits per heavy atom. The number of ether oxygens (including phenoxy) is 1. The van der Waals surface area contributed by atoms with E-state index in [0.29, 0.717) is 25.0 Å². The van der Waals surface area contributed by atoms with Crippen molar-refractivity contribution in [3.05, 3.63) is 131 Å². The Labute approximate surface area is 236 Å². The van der Waals surface area contributed by atoms with Gasteiger partial charge in [-0.1, -0.05) is 72.8 Å². The van der Waals surface area contributed by atoms with Crippen molar-refractivity contribution in [2.75, 3.05) is 12.8 Å². The van der Waals surface area contributed by atoms with E-state index in [1.807, 2.05) is 55.5 Å². The normalized spacial score (nSPS) is 11.8. The van der Waals surface area contributed by atoms with Crippen LogP contribution < -0.4 is 4.74 Å². The van der Waals surface area contributed by atoms with Crippen LogP contribution in [0.2, 0.25) is 0 Å². The number of benzene rings is 4. The molecule has 4 aromatic carbocycles. The molecule has 0 aliphatic carbocycles. The molecule has 7 nitrogen and oxygen atoms in total. The summed E-state index contributed by atoms with van der Waals surface area (Å²) in [6.45, 7) is 3.93. The number of nitrogens with zero attached hydrogens (tertiary/aromatic N) is 1. The summed E-state index contributed by atoms with van der Waals surface area (Å²) in [4.78, 5) is 15.4. The van der Waals surface area contributed by atoms with Crippen LogP contribution in [0, 0.1) is 0 Å². The van der Waals surface area contributed by atoms with Crippen LogP contribution >= 0.6 is 0 Å². The van der Waals surface area contributed by atoms with Crippen LogP contribution in [0.5, 0.6) is 11.5 Å². The zero-order chi connectivity index (χ0) is 29.0. The predicted molar refractivity (Wildman–Crippen MR) is 157 cm³/mol. The first kappa shape index (κ1) is 30.6. The van der Waals surface area contributed by atoms with E-state index in [1.165, 1.54) is 11.1 Å². The summed E-state index contributed by atoms with van der Waals surface area (Å²) in [7, 11) is -3.67. The molecule has 0 saturated carbocycles. The first-order chi connectivity index (χ1) is 19.1. The van der Waals surface area contributed by atoms with E-state index in [2.05, 4.69) is 41.3 Å². The van der Waals surface area contributed by atoms with Crippen molar-refractivity contribution in [2.24, 2.45) is 0 Å². The number of aromatic hydroxyl groups is 1. The van der Waals surface area contributed by atoms with Gasteiger partial charge >= 0.3 is 0 Å². The van der Waals surface area contributed by atoms with E-state index < -0.39 is 10.1 Å². The lowest BCUT2D eigenvalue weighted by Gasteiger charge is -2.28. The summed E-state index contributed by atoms with van der Waals surface area (Å²) in [5.41, 5.74) is 4.11. The molecular weight excluding hydrogens is 526 g/mol. The van der Waals surface area contributed by atoms with Gasteiger partial charge in [0.2, 0.25) is 0 Å². The van der Waals surface area contributed by atoms with Crippen molar-refractivity contribution >= 4 is 15.9 Å². The molecule has 0 fully saturated rings. The van der Waals surface area contributed by atoms with Crippen molar-refractivity contribution in [2.45, 2.75) is 32.5 Å². The maximum Gasteiger partial charge on any atom is 0.261 e. The monoisotopic (exact) mass is 561 g/mol. The SMILES string of the molecule is CC(C(=O)c1ccc(O)cc1)N(CCc1ccc(OCc2ccccc2)cc1)Cc1ccccc1.CS(=O)(=O)O. The standard InChI is InChI=1S/C31H31NO3.CH4O3S/c1-24(31(34)28-14-16-29(33)17-15-28)32(22-26-8-4-2-5-9-26)21-20-25-12-18-30(19-13-25)35-23-27-10-6-3-7-11-27;1-5(2,3)4/h2-19,24,33H,20-23H2,1H3;1H3,(H,2,3,4). The van der Waals surface area contributed by atoms with Crippen molar-refractivity contribution in [3.63, 3.8) is 0 Å². The lowest BCUT2D eigenvalue weighted by molar-refractivity contribution is 0.0829. The summed E-state index contributed by atoms with van der Waals surface area (Å²) < 4.78 is 31.8. The van der Waals surface area contributed by atoms with Crippen LogP contribution in [-0.4, -0.2) is 47.6 Å². The molecule has 2 N–H and O–H groups in total. The summed E-state index contributed by atoms with van der Waals surface area (Å²) in [5, 5.41) is 9.57. The van der Waals surface area contributed by atoms with Crippen molar-refractivity contribution in [3.8, 4) is 11.5 Å². The number of Topliss-reactive ketones (excluding diaryl/α,β-unsaturated/α-hetero) is 1. The molecule has 0 aliphatic rings. The number of hydrogen-bond acceptors (Lipinski definition) is 6. The fraction of sp³-hybridized carbons (Fsp3) is 0.219. The summed E-state index contributed by atoms with van der Waals surface area (Å²) in [6.07, 6.45) is 1.53. The van der Waals surface area contributed by atoms with Crippen LogP contribution in [0.15, 0.2) is 109 Å². The minimum atomic E-state index is -3.67. The van der Waals surface area contributed by atoms with Gasteiger partial charge in [0.05, 0.1) is 12.3 Å². The molecule has 0 aromatic heterocycles. The van der Waals surface area contributed by atoms with Gasteiger partial charge in [0.1, 0.15) is 18.1 Å². The number of hydrogen-bond donors (Lipinski definition) is 2. The third kappa shape index (κ3) is 11.0. The van der Waals surface area contributed by atoms with Gasteiger partial charge < -0.3 is 9.84 Å². The fourth-order valence-electron chi connectivity index (χ4n) is 4.03. The molecule has 8 heteroatoms. The van der Waals surface area contributed by atoms with E-state index >= 15 is 0 Å². The maximum atomic E-state index is 13.2. The second kappa shape index (κ2) is 15.0. The third-order valence-electron chi connectivity index (χ3n) is 6.17. The molecule has 1 atom stereocenters. The van der Waals surface area contributed by atoms with Gasteiger partial charge in [-0.3, -0.25) is 14.2 Å². The van der Waals surface area contributed by atoms with Gasteiger partial charge in [-0.15, -0.1) is 0 Å². The molecule has 0 bridgehead atoms. The number of phenolic OH excluding ortho intramolecular Hbond substituents is 1. The zero-order valence-corrected chi connectivity index (χ0v) is 23.5. The molecule has 0 amide bonds. The van der Waals surface area contributed by atoms with Crippen molar-refractivity contribution in [1.82, 2.24) is 4.90 Å².